The van der Waals surface area contributed by atoms with E-state index in [-0.39, 0.29) is 11.9 Å². The highest BCUT2D eigenvalue weighted by molar-refractivity contribution is 7.07. The van der Waals surface area contributed by atoms with Gasteiger partial charge in [0.25, 0.3) is 5.91 Å². The van der Waals surface area contributed by atoms with E-state index in [1.54, 1.807) is 30.6 Å². The first-order valence-corrected chi connectivity index (χ1v) is 8.75. The summed E-state index contributed by atoms with van der Waals surface area (Å²) in [6.45, 7) is 7.06. The number of carbonyl (C=O) groups is 1. The van der Waals surface area contributed by atoms with Gasteiger partial charge in [-0.05, 0) is 47.6 Å². The summed E-state index contributed by atoms with van der Waals surface area (Å²) in [5.74, 6) is 0.774. The normalized spacial score (nSPS) is 12.5. The van der Waals surface area contributed by atoms with Crippen molar-refractivity contribution in [2.45, 2.75) is 26.5 Å². The Morgan fingerprint density at radius 2 is 2.13 bits per heavy atom. The van der Waals surface area contributed by atoms with Crippen molar-refractivity contribution >= 4 is 17.2 Å². The fraction of sp³-hybridized carbons (Fsp3) is 0.471. The number of hydrogen-bond donors (Lipinski definition) is 1. The number of furan rings is 1. The molecule has 0 radical (unpaired) electrons. The molecule has 1 amide bonds. The maximum atomic E-state index is 12.3. The lowest BCUT2D eigenvalue weighted by Crippen LogP contribution is -2.37. The third-order valence-electron chi connectivity index (χ3n) is 3.81. The van der Waals surface area contributed by atoms with Gasteiger partial charge in [-0.25, -0.2) is 0 Å². The molecule has 5 nitrogen and oxygen atoms in total. The Kier molecular flexibility index (Phi) is 6.83. The Balaban J connectivity index is 2.01. The number of nitrogens with one attached hydrogen (secondary N) is 1. The second-order valence-corrected chi connectivity index (χ2v) is 5.98. The van der Waals surface area contributed by atoms with Crippen molar-refractivity contribution in [1.29, 1.82) is 0 Å². The lowest BCUT2D eigenvalue weighted by Gasteiger charge is -2.29. The van der Waals surface area contributed by atoms with Crippen LogP contribution in [0.15, 0.2) is 33.4 Å². The molecule has 0 saturated carbocycles. The molecule has 0 fully saturated rings. The molecule has 0 bridgehead atoms. The number of nitrogens with zero attached hydrogens (tertiary/aromatic N) is 1. The molecule has 2 heterocycles. The van der Waals surface area contributed by atoms with Crippen LogP contribution in [0, 0.1) is 0 Å². The maximum absolute atomic E-state index is 12.3. The van der Waals surface area contributed by atoms with Crippen LogP contribution >= 0.6 is 11.3 Å². The van der Waals surface area contributed by atoms with Crippen molar-refractivity contribution in [3.63, 3.8) is 0 Å². The van der Waals surface area contributed by atoms with Crippen molar-refractivity contribution in [3.05, 3.63) is 46.0 Å². The summed E-state index contributed by atoms with van der Waals surface area (Å²) in [5.41, 5.74) is 1.23. The van der Waals surface area contributed by atoms with Crippen molar-refractivity contribution in [3.8, 4) is 0 Å². The van der Waals surface area contributed by atoms with E-state index < -0.39 is 0 Å². The number of thiophene rings is 1. The van der Waals surface area contributed by atoms with E-state index in [2.05, 4.69) is 40.9 Å². The number of rotatable bonds is 9. The summed E-state index contributed by atoms with van der Waals surface area (Å²) in [4.78, 5) is 14.6. The number of methoxy groups -OCH3 is 1. The van der Waals surface area contributed by atoms with E-state index in [1.165, 1.54) is 5.56 Å². The minimum absolute atomic E-state index is 0.175. The molecule has 6 heteroatoms. The minimum atomic E-state index is -0.195. The van der Waals surface area contributed by atoms with Gasteiger partial charge in [0.05, 0.1) is 6.04 Å². The lowest BCUT2D eigenvalue weighted by molar-refractivity contribution is 0.0899. The molecular weight excluding hydrogens is 312 g/mol. The van der Waals surface area contributed by atoms with Crippen molar-refractivity contribution in [2.24, 2.45) is 0 Å². The maximum Gasteiger partial charge on any atom is 0.287 e. The first-order chi connectivity index (χ1) is 11.2. The SMILES string of the molecule is CCN(CC)C(CNC(=O)c1ccc(COC)o1)c1ccsc1. The van der Waals surface area contributed by atoms with Gasteiger partial charge in [-0.15, -0.1) is 0 Å². The Bertz CT molecular complexity index is 591. The summed E-state index contributed by atoms with van der Waals surface area (Å²) in [5, 5.41) is 7.19. The van der Waals surface area contributed by atoms with Gasteiger partial charge < -0.3 is 14.5 Å². The smallest absolute Gasteiger partial charge is 0.287 e. The zero-order valence-corrected chi connectivity index (χ0v) is 14.7. The summed E-state index contributed by atoms with van der Waals surface area (Å²) >= 11 is 1.67. The molecule has 126 valence electrons. The van der Waals surface area contributed by atoms with Gasteiger partial charge in [-0.3, -0.25) is 9.69 Å². The number of hydrogen-bond acceptors (Lipinski definition) is 5. The third-order valence-corrected chi connectivity index (χ3v) is 4.51. The molecule has 0 aliphatic heterocycles. The first-order valence-electron chi connectivity index (χ1n) is 7.81. The quantitative estimate of drug-likeness (QED) is 0.763. The van der Waals surface area contributed by atoms with Crippen LogP contribution in [-0.2, 0) is 11.3 Å². The van der Waals surface area contributed by atoms with E-state index in [0.29, 0.717) is 24.7 Å². The Hall–Kier alpha value is -1.63. The molecule has 0 saturated heterocycles. The molecule has 2 rings (SSSR count). The predicted molar refractivity (Wildman–Crippen MR) is 91.7 cm³/mol. The largest absolute Gasteiger partial charge is 0.453 e. The van der Waals surface area contributed by atoms with Gasteiger partial charge in [0, 0.05) is 13.7 Å². The first kappa shape index (κ1) is 17.7. The molecule has 2 aromatic rings. The highest BCUT2D eigenvalue weighted by Crippen LogP contribution is 2.22. The van der Waals surface area contributed by atoms with Gasteiger partial charge in [0.2, 0.25) is 0 Å². The van der Waals surface area contributed by atoms with Crippen LogP contribution < -0.4 is 5.32 Å². The van der Waals surface area contributed by atoms with Crippen LogP contribution in [0.25, 0.3) is 0 Å². The van der Waals surface area contributed by atoms with Crippen LogP contribution in [0.4, 0.5) is 0 Å². The molecule has 2 aromatic heterocycles. The topological polar surface area (TPSA) is 54.7 Å². The zero-order chi connectivity index (χ0) is 16.7. The average molecular weight is 336 g/mol. The summed E-state index contributed by atoms with van der Waals surface area (Å²) in [6.07, 6.45) is 0. The molecule has 23 heavy (non-hydrogen) atoms. The Morgan fingerprint density at radius 3 is 2.74 bits per heavy atom. The second-order valence-electron chi connectivity index (χ2n) is 5.20. The molecule has 0 aliphatic carbocycles. The van der Waals surface area contributed by atoms with Crippen LogP contribution in [0.5, 0.6) is 0 Å². The van der Waals surface area contributed by atoms with Crippen LogP contribution in [-0.4, -0.2) is 37.6 Å². The Labute approximate surface area is 141 Å². The fourth-order valence-electron chi connectivity index (χ4n) is 2.58. The van der Waals surface area contributed by atoms with Crippen molar-refractivity contribution < 1.29 is 13.9 Å². The predicted octanol–water partition coefficient (Wildman–Crippen LogP) is 3.30. The van der Waals surface area contributed by atoms with Gasteiger partial charge in [0.1, 0.15) is 12.4 Å². The van der Waals surface area contributed by atoms with Crippen LogP contribution in [0.1, 0.15) is 41.8 Å². The van der Waals surface area contributed by atoms with Gasteiger partial charge >= 0.3 is 0 Å². The highest BCUT2D eigenvalue weighted by Gasteiger charge is 2.20. The highest BCUT2D eigenvalue weighted by atomic mass is 32.1. The summed E-state index contributed by atoms with van der Waals surface area (Å²) in [7, 11) is 1.60. The van der Waals surface area contributed by atoms with E-state index in [1.807, 2.05) is 0 Å². The molecule has 1 unspecified atom stereocenters. The van der Waals surface area contributed by atoms with Crippen molar-refractivity contribution in [1.82, 2.24) is 10.2 Å². The van der Waals surface area contributed by atoms with E-state index >= 15 is 0 Å². The lowest BCUT2D eigenvalue weighted by atomic mass is 10.1. The van der Waals surface area contributed by atoms with Crippen molar-refractivity contribution in [2.75, 3.05) is 26.7 Å². The number of ether oxygens (including phenoxy) is 1. The van der Waals surface area contributed by atoms with E-state index in [0.717, 1.165) is 13.1 Å². The number of carbonyl (C=O) groups excluding carboxylic acids is 1. The van der Waals surface area contributed by atoms with Crippen LogP contribution in [0.3, 0.4) is 0 Å². The van der Waals surface area contributed by atoms with Gasteiger partial charge in [-0.2, -0.15) is 11.3 Å². The van der Waals surface area contributed by atoms with E-state index in [4.69, 9.17) is 9.15 Å². The van der Waals surface area contributed by atoms with Gasteiger partial charge in [-0.1, -0.05) is 13.8 Å². The van der Waals surface area contributed by atoms with E-state index in [9.17, 15) is 4.79 Å². The summed E-state index contributed by atoms with van der Waals surface area (Å²) in [6, 6.07) is 5.73. The number of amides is 1. The van der Waals surface area contributed by atoms with Crippen LogP contribution in [0.2, 0.25) is 0 Å². The molecule has 0 aliphatic rings. The molecule has 1 atom stereocenters. The third kappa shape index (κ3) is 4.67. The monoisotopic (exact) mass is 336 g/mol. The molecule has 0 aromatic carbocycles. The fourth-order valence-corrected chi connectivity index (χ4v) is 3.29. The molecule has 0 spiro atoms. The molecule has 1 N–H and O–H groups in total. The van der Waals surface area contributed by atoms with Gasteiger partial charge in [0.15, 0.2) is 5.76 Å². The summed E-state index contributed by atoms with van der Waals surface area (Å²) < 4.78 is 10.5. The minimum Gasteiger partial charge on any atom is -0.453 e. The second kappa shape index (κ2) is 8.86. The Morgan fingerprint density at radius 1 is 1.35 bits per heavy atom. The average Bonchev–Trinajstić information content (AvgIpc) is 3.23. The molecular formula is C17H24N2O3S. The standard InChI is InChI=1S/C17H24N2O3S/c1-4-19(5-2)15(13-8-9-23-12-13)10-18-17(20)16-7-6-14(22-16)11-21-3/h6-9,12,15H,4-5,10-11H2,1-3H3,(H,18,20). The number of likely N-dealkylation sites (N-methyl/N-ethyl adjacent to an activating group) is 1. The zero-order valence-electron chi connectivity index (χ0n) is 13.9.